The molecule has 144 valence electrons. The molecule has 0 fully saturated rings. The number of benzene rings is 1. The highest BCUT2D eigenvalue weighted by Gasteiger charge is 2.18. The van der Waals surface area contributed by atoms with Crippen LogP contribution in [0.1, 0.15) is 51.0 Å². The Kier molecular flexibility index (Phi) is 7.69. The molecule has 1 aromatic carbocycles. The van der Waals surface area contributed by atoms with E-state index in [4.69, 9.17) is 0 Å². The Morgan fingerprint density at radius 2 is 1.92 bits per heavy atom. The summed E-state index contributed by atoms with van der Waals surface area (Å²) in [6, 6.07) is 7.44. The Morgan fingerprint density at radius 1 is 1.19 bits per heavy atom. The normalized spacial score (nSPS) is 14.6. The van der Waals surface area contributed by atoms with Gasteiger partial charge in [0, 0.05) is 19.5 Å². The molecular weight excluding hydrogens is 348 g/mol. The molecule has 0 saturated carbocycles. The fourth-order valence-electron chi connectivity index (χ4n) is 3.17. The number of anilines is 1. The molecule has 0 atom stereocenters. The van der Waals surface area contributed by atoms with Gasteiger partial charge in [0.15, 0.2) is 0 Å². The second-order valence-electron chi connectivity index (χ2n) is 6.81. The molecule has 0 aromatic heterocycles. The van der Waals surface area contributed by atoms with Gasteiger partial charge in [0.2, 0.25) is 15.9 Å². The molecule has 0 aliphatic heterocycles. The maximum Gasteiger partial charge on any atom is 0.232 e. The fraction of sp³-hybridized carbons (Fsp3) is 0.550. The zero-order valence-corrected chi connectivity index (χ0v) is 16.6. The summed E-state index contributed by atoms with van der Waals surface area (Å²) < 4.78 is 25.5. The number of hydrogen-bond acceptors (Lipinski definition) is 3. The predicted molar refractivity (Wildman–Crippen MR) is 107 cm³/mol. The van der Waals surface area contributed by atoms with Crippen LogP contribution in [0.15, 0.2) is 35.9 Å². The lowest BCUT2D eigenvalue weighted by Gasteiger charge is -2.22. The van der Waals surface area contributed by atoms with Crippen LogP contribution < -0.4 is 9.62 Å². The second-order valence-corrected chi connectivity index (χ2v) is 8.72. The summed E-state index contributed by atoms with van der Waals surface area (Å²) in [4.78, 5) is 12.1. The smallest absolute Gasteiger partial charge is 0.232 e. The van der Waals surface area contributed by atoms with Gasteiger partial charge in [-0.15, -0.1) is 0 Å². The quantitative estimate of drug-likeness (QED) is 0.670. The van der Waals surface area contributed by atoms with E-state index in [9.17, 15) is 13.2 Å². The summed E-state index contributed by atoms with van der Waals surface area (Å²) in [5.74, 6) is -0.111. The van der Waals surface area contributed by atoms with Crippen LogP contribution in [0.4, 0.5) is 5.69 Å². The first-order valence-electron chi connectivity index (χ1n) is 9.41. The van der Waals surface area contributed by atoms with Gasteiger partial charge in [-0.1, -0.05) is 30.7 Å². The van der Waals surface area contributed by atoms with Crippen molar-refractivity contribution >= 4 is 21.6 Å². The number of hydrogen-bond donors (Lipinski definition) is 1. The Balaban J connectivity index is 1.86. The summed E-state index contributed by atoms with van der Waals surface area (Å²) in [6.45, 7) is 2.82. The average molecular weight is 379 g/mol. The van der Waals surface area contributed by atoms with Gasteiger partial charge >= 0.3 is 0 Å². The maximum absolute atomic E-state index is 12.1. The molecule has 0 spiro atoms. The highest BCUT2D eigenvalue weighted by atomic mass is 32.2. The number of nitrogens with one attached hydrogen (secondary N) is 1. The number of carbonyl (C=O) groups excluding carboxylic acids is 1. The highest BCUT2D eigenvalue weighted by molar-refractivity contribution is 7.92. The lowest BCUT2D eigenvalue weighted by Crippen LogP contribution is -2.35. The van der Waals surface area contributed by atoms with Crippen LogP contribution in [-0.2, 0) is 21.2 Å². The van der Waals surface area contributed by atoms with Gasteiger partial charge in [0.05, 0.1) is 11.9 Å². The van der Waals surface area contributed by atoms with E-state index in [0.717, 1.165) is 31.2 Å². The van der Waals surface area contributed by atoms with E-state index >= 15 is 0 Å². The van der Waals surface area contributed by atoms with Gasteiger partial charge in [-0.3, -0.25) is 9.10 Å². The highest BCUT2D eigenvalue weighted by Crippen LogP contribution is 2.20. The zero-order valence-electron chi connectivity index (χ0n) is 15.8. The molecule has 5 nitrogen and oxygen atoms in total. The van der Waals surface area contributed by atoms with Crippen molar-refractivity contribution in [1.29, 1.82) is 0 Å². The second kappa shape index (κ2) is 9.76. The minimum absolute atomic E-state index is 0.111. The summed E-state index contributed by atoms with van der Waals surface area (Å²) in [5.41, 5.74) is 3.17. The lowest BCUT2D eigenvalue weighted by molar-refractivity contribution is -0.120. The van der Waals surface area contributed by atoms with Gasteiger partial charge in [-0.25, -0.2) is 8.42 Å². The Bertz CT molecular complexity index is 724. The average Bonchev–Trinajstić information content (AvgIpc) is 2.62. The molecule has 1 aliphatic carbocycles. The third kappa shape index (κ3) is 6.48. The first kappa shape index (κ1) is 20.5. The number of aryl methyl sites for hydroxylation is 1. The van der Waals surface area contributed by atoms with E-state index in [-0.39, 0.29) is 18.9 Å². The van der Waals surface area contributed by atoms with Crippen LogP contribution >= 0.6 is 0 Å². The van der Waals surface area contributed by atoms with Gasteiger partial charge in [-0.05, 0) is 56.2 Å². The summed E-state index contributed by atoms with van der Waals surface area (Å²) >= 11 is 0. The molecule has 2 rings (SSSR count). The topological polar surface area (TPSA) is 66.5 Å². The van der Waals surface area contributed by atoms with E-state index in [1.807, 2.05) is 12.1 Å². The molecule has 0 bridgehead atoms. The number of rotatable bonds is 9. The van der Waals surface area contributed by atoms with Crippen molar-refractivity contribution in [3.63, 3.8) is 0 Å². The Labute approximate surface area is 157 Å². The molecule has 0 unspecified atom stereocenters. The Hall–Kier alpha value is -1.82. The maximum atomic E-state index is 12.1. The molecule has 1 aliphatic rings. The van der Waals surface area contributed by atoms with Crippen LogP contribution in [0.2, 0.25) is 0 Å². The first-order valence-corrected chi connectivity index (χ1v) is 11.3. The SMILES string of the molecule is CCc1ccc(N(CCC(=O)NCCC2=CCCCC2)S(C)(=O)=O)cc1. The van der Waals surface area contributed by atoms with Crippen LogP contribution in [-0.4, -0.2) is 33.7 Å². The van der Waals surface area contributed by atoms with Gasteiger partial charge < -0.3 is 5.32 Å². The van der Waals surface area contributed by atoms with E-state index in [2.05, 4.69) is 18.3 Å². The van der Waals surface area contributed by atoms with Crippen molar-refractivity contribution in [3.8, 4) is 0 Å². The van der Waals surface area contributed by atoms with Gasteiger partial charge in [0.1, 0.15) is 0 Å². The minimum atomic E-state index is -3.43. The summed E-state index contributed by atoms with van der Waals surface area (Å²) in [6.07, 6.45) is 10.2. The van der Waals surface area contributed by atoms with Crippen molar-refractivity contribution in [2.24, 2.45) is 0 Å². The largest absolute Gasteiger partial charge is 0.356 e. The molecule has 26 heavy (non-hydrogen) atoms. The van der Waals surface area contributed by atoms with Crippen LogP contribution in [0.25, 0.3) is 0 Å². The standard InChI is InChI=1S/C20H30N2O3S/c1-3-17-9-11-19(12-10-17)22(26(2,24)25)16-14-20(23)21-15-13-18-7-5-4-6-8-18/h7,9-12H,3-6,8,13-16H2,1-2H3,(H,21,23). The summed E-state index contributed by atoms with van der Waals surface area (Å²) in [7, 11) is -3.43. The van der Waals surface area contributed by atoms with Crippen LogP contribution in [0.5, 0.6) is 0 Å². The number of nitrogens with zero attached hydrogens (tertiary/aromatic N) is 1. The number of amides is 1. The predicted octanol–water partition coefficient (Wildman–Crippen LogP) is 3.41. The van der Waals surface area contributed by atoms with Crippen molar-refractivity contribution in [1.82, 2.24) is 5.32 Å². The van der Waals surface area contributed by atoms with Crippen molar-refractivity contribution in [2.75, 3.05) is 23.7 Å². The molecule has 0 saturated heterocycles. The third-order valence-electron chi connectivity index (χ3n) is 4.73. The monoisotopic (exact) mass is 378 g/mol. The van der Waals surface area contributed by atoms with Crippen LogP contribution in [0.3, 0.4) is 0 Å². The molecule has 0 heterocycles. The fourth-order valence-corrected chi connectivity index (χ4v) is 4.10. The Morgan fingerprint density at radius 3 is 2.50 bits per heavy atom. The minimum Gasteiger partial charge on any atom is -0.356 e. The van der Waals surface area contributed by atoms with Gasteiger partial charge in [0.25, 0.3) is 0 Å². The van der Waals surface area contributed by atoms with E-state index in [1.54, 1.807) is 12.1 Å². The summed E-state index contributed by atoms with van der Waals surface area (Å²) in [5, 5.41) is 2.91. The first-order chi connectivity index (χ1) is 12.4. The van der Waals surface area contributed by atoms with E-state index < -0.39 is 10.0 Å². The van der Waals surface area contributed by atoms with Gasteiger partial charge in [-0.2, -0.15) is 0 Å². The molecule has 1 aromatic rings. The number of allylic oxidation sites excluding steroid dienone is 1. The zero-order chi connectivity index (χ0) is 19.0. The van der Waals surface area contributed by atoms with Crippen molar-refractivity contribution < 1.29 is 13.2 Å². The van der Waals surface area contributed by atoms with E-state index in [0.29, 0.717) is 12.2 Å². The number of sulfonamides is 1. The van der Waals surface area contributed by atoms with E-state index in [1.165, 1.54) is 29.0 Å². The molecular formula is C20H30N2O3S. The number of carbonyl (C=O) groups is 1. The molecule has 1 N–H and O–H groups in total. The van der Waals surface area contributed by atoms with Crippen molar-refractivity contribution in [2.45, 2.75) is 51.9 Å². The van der Waals surface area contributed by atoms with Crippen molar-refractivity contribution in [3.05, 3.63) is 41.5 Å². The third-order valence-corrected chi connectivity index (χ3v) is 5.92. The molecule has 6 heteroatoms. The van der Waals surface area contributed by atoms with Crippen LogP contribution in [0, 0.1) is 0 Å². The lowest BCUT2D eigenvalue weighted by atomic mass is 9.97. The molecule has 1 amide bonds. The molecule has 0 radical (unpaired) electrons.